The molecule has 9 heteroatoms. The van der Waals surface area contributed by atoms with Gasteiger partial charge in [-0.3, -0.25) is 14.4 Å². The maximum Gasteiger partial charge on any atom is 0.229 e. The Hall–Kier alpha value is -2.98. The van der Waals surface area contributed by atoms with Gasteiger partial charge in [-0.1, -0.05) is 24.3 Å². The minimum absolute atomic E-state index is 0.0722. The Morgan fingerprint density at radius 3 is 2.40 bits per heavy atom. The quantitative estimate of drug-likeness (QED) is 0.224. The number of aldehydes is 1. The number of hydrogen-bond donors (Lipinski definition) is 2. The fourth-order valence-electron chi connectivity index (χ4n) is 2.60. The zero-order chi connectivity index (χ0) is 22.1. The number of carbonyl (C=O) groups excluding carboxylic acids is 4. The summed E-state index contributed by atoms with van der Waals surface area (Å²) in [5, 5.41) is 17.1. The molecular weight excluding hydrogens is 396 g/mol. The molecule has 0 aliphatic heterocycles. The lowest BCUT2D eigenvalue weighted by atomic mass is 9.88. The van der Waals surface area contributed by atoms with E-state index in [0.717, 1.165) is 0 Å². The van der Waals surface area contributed by atoms with Crippen LogP contribution in [0.2, 0.25) is 0 Å². The summed E-state index contributed by atoms with van der Waals surface area (Å²) in [6, 6.07) is 7.63. The molecule has 1 aromatic heterocycles. The Labute approximate surface area is 172 Å². The third-order valence-electron chi connectivity index (χ3n) is 4.10. The first kappa shape index (κ1) is 23.3. The normalized spacial score (nSPS) is 13.0. The van der Waals surface area contributed by atoms with Crippen LogP contribution in [0.4, 0.5) is 0 Å². The summed E-state index contributed by atoms with van der Waals surface area (Å²) in [6.45, 7) is 0.874. The van der Waals surface area contributed by atoms with Crippen LogP contribution >= 0.6 is 0 Å². The number of rotatable bonds is 9. The number of ketones is 3. The molecule has 1 aliphatic carbocycles. The van der Waals surface area contributed by atoms with E-state index in [1.165, 1.54) is 12.1 Å². The second kappa shape index (κ2) is 11.3. The number of benzene rings is 1. The second-order valence-electron chi connectivity index (χ2n) is 6.26. The van der Waals surface area contributed by atoms with Crippen molar-refractivity contribution in [1.82, 2.24) is 0 Å². The van der Waals surface area contributed by atoms with Crippen LogP contribution in [-0.4, -0.2) is 73.5 Å². The molecule has 0 bridgehead atoms. The zero-order valence-corrected chi connectivity index (χ0v) is 16.3. The van der Waals surface area contributed by atoms with Gasteiger partial charge < -0.3 is 28.9 Å². The summed E-state index contributed by atoms with van der Waals surface area (Å²) in [5.41, 5.74) is 0.622. The molecule has 1 aromatic carbocycles. The number of hydrogen-bond acceptors (Lipinski definition) is 9. The van der Waals surface area contributed by atoms with Crippen molar-refractivity contribution in [2.24, 2.45) is 0 Å². The Kier molecular flexibility index (Phi) is 8.75. The van der Waals surface area contributed by atoms with Gasteiger partial charge in [0, 0.05) is 18.2 Å². The van der Waals surface area contributed by atoms with Crippen molar-refractivity contribution in [3.05, 3.63) is 58.5 Å². The Bertz CT molecular complexity index is 860. The highest BCUT2D eigenvalue weighted by Crippen LogP contribution is 2.29. The van der Waals surface area contributed by atoms with Gasteiger partial charge in [0.1, 0.15) is 12.4 Å². The smallest absolute Gasteiger partial charge is 0.229 e. The van der Waals surface area contributed by atoms with Gasteiger partial charge in [0.15, 0.2) is 17.3 Å². The third kappa shape index (κ3) is 5.55. The van der Waals surface area contributed by atoms with Crippen molar-refractivity contribution in [3.63, 3.8) is 0 Å². The summed E-state index contributed by atoms with van der Waals surface area (Å²) in [4.78, 5) is 46.4. The van der Waals surface area contributed by atoms with Gasteiger partial charge in [-0.15, -0.1) is 0 Å². The number of furan rings is 1. The van der Waals surface area contributed by atoms with Crippen molar-refractivity contribution in [1.29, 1.82) is 0 Å². The fourth-order valence-corrected chi connectivity index (χ4v) is 2.60. The number of aliphatic hydroxyl groups excluding tert-OH is 2. The van der Waals surface area contributed by atoms with Crippen molar-refractivity contribution in [3.8, 4) is 0 Å². The predicted octanol–water partition coefficient (Wildman–Crippen LogP) is 0.829. The molecule has 1 atom stereocenters. The van der Waals surface area contributed by atoms with Gasteiger partial charge in [0.05, 0.1) is 38.4 Å². The molecule has 0 saturated heterocycles. The largest absolute Gasteiger partial charge is 0.449 e. The van der Waals surface area contributed by atoms with E-state index in [2.05, 4.69) is 4.74 Å². The fraction of sp³-hybridized carbons (Fsp3) is 0.333. The maximum absolute atomic E-state index is 12.3. The Balaban J connectivity index is 0.000000274. The summed E-state index contributed by atoms with van der Waals surface area (Å²) in [7, 11) is 1.58. The predicted molar refractivity (Wildman–Crippen MR) is 103 cm³/mol. The van der Waals surface area contributed by atoms with E-state index in [9.17, 15) is 19.2 Å². The van der Waals surface area contributed by atoms with E-state index >= 15 is 0 Å². The molecule has 30 heavy (non-hydrogen) atoms. The lowest BCUT2D eigenvalue weighted by Gasteiger charge is -2.11. The van der Waals surface area contributed by atoms with Crippen molar-refractivity contribution >= 4 is 23.6 Å². The number of Topliss-reactive ketones (excluding diaryl/α,β-unsaturated/α-hetero) is 1. The monoisotopic (exact) mass is 418 g/mol. The van der Waals surface area contributed by atoms with Crippen LogP contribution in [0.5, 0.6) is 0 Å². The van der Waals surface area contributed by atoms with Gasteiger partial charge in [0.25, 0.3) is 0 Å². The van der Waals surface area contributed by atoms with Crippen molar-refractivity contribution < 1.29 is 43.3 Å². The highest BCUT2D eigenvalue weighted by molar-refractivity contribution is 6.27. The lowest BCUT2D eigenvalue weighted by molar-refractivity contribution is -0.107. The third-order valence-corrected chi connectivity index (χ3v) is 4.10. The highest BCUT2D eigenvalue weighted by atomic mass is 16.5. The molecule has 1 heterocycles. The zero-order valence-electron chi connectivity index (χ0n) is 16.3. The van der Waals surface area contributed by atoms with Crippen LogP contribution in [-0.2, 0) is 14.3 Å². The minimum Gasteiger partial charge on any atom is -0.449 e. The van der Waals surface area contributed by atoms with Crippen LogP contribution in [0, 0.1) is 0 Å². The van der Waals surface area contributed by atoms with Crippen LogP contribution in [0.3, 0.4) is 0 Å². The first-order chi connectivity index (χ1) is 14.4. The summed E-state index contributed by atoms with van der Waals surface area (Å²) in [6.07, 6.45) is -0.666. The average Bonchev–Trinajstić information content (AvgIpc) is 3.22. The van der Waals surface area contributed by atoms with E-state index in [1.54, 1.807) is 25.3 Å². The van der Waals surface area contributed by atoms with Crippen LogP contribution in [0.15, 0.2) is 34.7 Å². The molecular formula is C21H22O9. The second-order valence-corrected chi connectivity index (χ2v) is 6.26. The van der Waals surface area contributed by atoms with E-state index in [1.807, 2.05) is 0 Å². The van der Waals surface area contributed by atoms with Crippen LogP contribution in [0.1, 0.15) is 49.0 Å². The van der Waals surface area contributed by atoms with Crippen LogP contribution in [0.25, 0.3) is 0 Å². The van der Waals surface area contributed by atoms with E-state index < -0.39 is 17.7 Å². The molecule has 2 aromatic rings. The summed E-state index contributed by atoms with van der Waals surface area (Å²) in [5.74, 6) is -1.62. The molecule has 160 valence electrons. The van der Waals surface area contributed by atoms with Gasteiger partial charge in [-0.2, -0.15) is 0 Å². The van der Waals surface area contributed by atoms with Gasteiger partial charge in [-0.25, -0.2) is 0 Å². The molecule has 9 nitrogen and oxygen atoms in total. The van der Waals surface area contributed by atoms with E-state index in [0.29, 0.717) is 25.1 Å². The molecule has 0 fully saturated rings. The standard InChI is InChI=1S/C15H8O5.C6H14O4/c16-6-5-11(17)12-7-10-13(18)8-3-1-2-4-9(8)14(19)15(10)20-12;1-9-2-3-10-5-6(8)4-7/h1-4,6-7H,5H2;6-8H,2-5H2,1H3. The van der Waals surface area contributed by atoms with Crippen molar-refractivity contribution in [2.45, 2.75) is 12.5 Å². The van der Waals surface area contributed by atoms with E-state index in [4.69, 9.17) is 19.4 Å². The average molecular weight is 418 g/mol. The van der Waals surface area contributed by atoms with E-state index in [-0.39, 0.29) is 48.1 Å². The number of methoxy groups -OCH3 is 1. The maximum atomic E-state index is 12.3. The highest BCUT2D eigenvalue weighted by Gasteiger charge is 2.34. The Morgan fingerprint density at radius 2 is 1.80 bits per heavy atom. The summed E-state index contributed by atoms with van der Waals surface area (Å²) >= 11 is 0. The molecule has 1 unspecified atom stereocenters. The van der Waals surface area contributed by atoms with Gasteiger partial charge in [-0.05, 0) is 6.07 Å². The molecule has 2 N–H and O–H groups in total. The first-order valence-corrected chi connectivity index (χ1v) is 9.09. The number of aliphatic hydroxyl groups is 2. The van der Waals surface area contributed by atoms with Crippen LogP contribution < -0.4 is 0 Å². The van der Waals surface area contributed by atoms with Gasteiger partial charge >= 0.3 is 0 Å². The number of ether oxygens (including phenoxy) is 2. The van der Waals surface area contributed by atoms with Gasteiger partial charge in [0.2, 0.25) is 11.6 Å². The van der Waals surface area contributed by atoms with Crippen molar-refractivity contribution in [2.75, 3.05) is 33.5 Å². The molecule has 0 amide bonds. The SMILES string of the molecule is COCCOCC(O)CO.O=CCC(=O)c1cc2c(o1)C(=O)c1ccccc1C2=O. The number of fused-ring (bicyclic) bond motifs is 2. The first-order valence-electron chi connectivity index (χ1n) is 9.09. The lowest BCUT2D eigenvalue weighted by Crippen LogP contribution is -2.20. The topological polar surface area (TPSA) is 140 Å². The molecule has 1 aliphatic rings. The number of carbonyl (C=O) groups is 4. The molecule has 3 rings (SSSR count). The summed E-state index contributed by atoms with van der Waals surface area (Å²) < 4.78 is 14.8. The minimum atomic E-state index is -0.767. The molecule has 0 spiro atoms. The molecule has 0 radical (unpaired) electrons. The Morgan fingerprint density at radius 1 is 1.13 bits per heavy atom. The molecule has 0 saturated carbocycles.